The van der Waals surface area contributed by atoms with Crippen molar-refractivity contribution >= 4 is 97.1 Å². The molecule has 0 atom stereocenters. The van der Waals surface area contributed by atoms with Crippen LogP contribution in [-0.2, 0) is 5.41 Å². The van der Waals surface area contributed by atoms with Gasteiger partial charge in [-0.2, -0.15) is 0 Å². The molecular formula is C91H58N2S2. The van der Waals surface area contributed by atoms with Gasteiger partial charge < -0.3 is 9.80 Å². The van der Waals surface area contributed by atoms with Gasteiger partial charge in [-0.25, -0.2) is 0 Å². The van der Waals surface area contributed by atoms with E-state index in [1.165, 1.54) is 124 Å². The number of nitrogens with zero attached hydrogens (tertiary/aromatic N) is 2. The molecule has 2 aliphatic rings. The monoisotopic (exact) mass is 1240 g/mol. The molecule has 0 bridgehead atoms. The number of fused-ring (bicyclic) bond motifs is 16. The minimum Gasteiger partial charge on any atom is -0.310 e. The molecule has 0 saturated carbocycles. The van der Waals surface area contributed by atoms with Gasteiger partial charge in [-0.1, -0.05) is 261 Å². The van der Waals surface area contributed by atoms with Crippen LogP contribution in [0.2, 0.25) is 0 Å². The standard InChI is InChI=1S/C91H58N2S2/c1-3-20-59(21-4-1)61-40-48-66(49-41-61)92(68-52-44-63(45-53-68)72-30-18-38-86-89(72)78-27-10-15-36-84(78)94-86)70-56-65(74-29-17-35-83-88(74)77-26-9-14-34-82(77)91(83)80-32-12-7-24-75(80)76-25-8-13-33-81(76)91)57-71(58-70)93(67-50-42-62(43-51-67)60-22-5-2-6-23-60)69-54-46-64(47-55-69)73-31-19-39-87-90(73)79-28-11-16-37-85(79)95-87/h1-58H. The lowest BCUT2D eigenvalue weighted by molar-refractivity contribution is 0.794. The average Bonchev–Trinajstić information content (AvgIpc) is 1.52. The zero-order valence-electron chi connectivity index (χ0n) is 51.7. The third kappa shape index (κ3) is 8.83. The minimum absolute atomic E-state index is 0.516. The van der Waals surface area contributed by atoms with Crippen molar-refractivity contribution in [1.82, 2.24) is 0 Å². The Morgan fingerprint density at radius 1 is 0.200 bits per heavy atom. The quantitative estimate of drug-likeness (QED) is 0.127. The van der Waals surface area contributed by atoms with Crippen LogP contribution >= 0.6 is 22.7 Å². The molecule has 0 fully saturated rings. The highest BCUT2D eigenvalue weighted by Gasteiger charge is 2.52. The summed E-state index contributed by atoms with van der Waals surface area (Å²) in [5.74, 6) is 0. The lowest BCUT2D eigenvalue weighted by Crippen LogP contribution is -2.25. The van der Waals surface area contributed by atoms with Gasteiger partial charge in [0, 0.05) is 74.5 Å². The zero-order valence-corrected chi connectivity index (χ0v) is 53.3. The highest BCUT2D eigenvalue weighted by molar-refractivity contribution is 7.26. The molecule has 1 spiro atoms. The molecule has 4 heteroatoms. The first kappa shape index (κ1) is 55.0. The Labute approximate surface area is 560 Å². The first-order valence-corrected chi connectivity index (χ1v) is 34.2. The Hall–Kier alpha value is -11.7. The third-order valence-electron chi connectivity index (χ3n) is 19.9. The Morgan fingerprint density at radius 2 is 0.526 bits per heavy atom. The van der Waals surface area contributed by atoms with Crippen LogP contribution in [0.15, 0.2) is 352 Å². The predicted molar refractivity (Wildman–Crippen MR) is 405 cm³/mol. The van der Waals surface area contributed by atoms with Gasteiger partial charge in [0.2, 0.25) is 0 Å². The van der Waals surface area contributed by atoms with Crippen molar-refractivity contribution in [2.24, 2.45) is 0 Å². The Morgan fingerprint density at radius 3 is 0.989 bits per heavy atom. The molecule has 0 saturated heterocycles. The van der Waals surface area contributed by atoms with Crippen molar-refractivity contribution in [3.8, 4) is 77.9 Å². The van der Waals surface area contributed by atoms with Crippen LogP contribution in [0.25, 0.3) is 118 Å². The van der Waals surface area contributed by atoms with E-state index in [9.17, 15) is 0 Å². The molecule has 0 unspecified atom stereocenters. The SMILES string of the molecule is c1ccc(-c2ccc(N(c3ccc(-c4cccc5sc6ccccc6c45)cc3)c3cc(-c4cccc5c4-c4ccccc4C54c5ccccc5-c5ccccc54)cc(N(c4ccc(-c5ccccc5)cc4)c4ccc(-c5cccc6sc7ccccc7c56)cc4)c3)cc2)cc1. The second-order valence-electron chi connectivity index (χ2n) is 25.0. The van der Waals surface area contributed by atoms with Crippen LogP contribution in [0.4, 0.5) is 34.1 Å². The van der Waals surface area contributed by atoms with Crippen LogP contribution in [0.5, 0.6) is 0 Å². The van der Waals surface area contributed by atoms with Crippen molar-refractivity contribution in [2.45, 2.75) is 5.41 Å². The van der Waals surface area contributed by atoms with Crippen molar-refractivity contribution in [3.05, 3.63) is 374 Å². The fourth-order valence-corrected chi connectivity index (χ4v) is 18.0. The van der Waals surface area contributed by atoms with E-state index in [-0.39, 0.29) is 0 Å². The van der Waals surface area contributed by atoms with E-state index in [2.05, 4.69) is 362 Å². The summed E-state index contributed by atoms with van der Waals surface area (Å²) < 4.78 is 5.19. The maximum Gasteiger partial charge on any atom is 0.0725 e. The Balaban J connectivity index is 0.857. The summed E-state index contributed by atoms with van der Waals surface area (Å²) in [6.07, 6.45) is 0. The van der Waals surface area contributed by atoms with E-state index in [0.717, 1.165) is 50.8 Å². The highest BCUT2D eigenvalue weighted by atomic mass is 32.1. The van der Waals surface area contributed by atoms with Crippen molar-refractivity contribution in [1.29, 1.82) is 0 Å². The van der Waals surface area contributed by atoms with Gasteiger partial charge in [0.1, 0.15) is 0 Å². The minimum atomic E-state index is -0.516. The highest BCUT2D eigenvalue weighted by Crippen LogP contribution is 2.64. The zero-order chi connectivity index (χ0) is 62.6. The molecule has 0 amide bonds. The van der Waals surface area contributed by atoms with Gasteiger partial charge >= 0.3 is 0 Å². The Kier molecular flexibility index (Phi) is 12.9. The molecule has 2 aromatic heterocycles. The molecule has 2 aliphatic carbocycles. The summed E-state index contributed by atoms with van der Waals surface area (Å²) in [5, 5.41) is 5.19. The summed E-state index contributed by atoms with van der Waals surface area (Å²) in [6.45, 7) is 0. The van der Waals surface area contributed by atoms with Gasteiger partial charge in [-0.15, -0.1) is 22.7 Å². The first-order chi connectivity index (χ1) is 47.1. The van der Waals surface area contributed by atoms with E-state index in [1.807, 2.05) is 22.7 Å². The van der Waals surface area contributed by atoms with Gasteiger partial charge in [0.05, 0.1) is 5.41 Å². The average molecular weight is 1240 g/mol. The molecule has 444 valence electrons. The van der Waals surface area contributed by atoms with Crippen molar-refractivity contribution in [2.75, 3.05) is 9.80 Å². The number of hydrogen-bond acceptors (Lipinski definition) is 4. The number of hydrogen-bond donors (Lipinski definition) is 0. The largest absolute Gasteiger partial charge is 0.310 e. The predicted octanol–water partition coefficient (Wildman–Crippen LogP) is 26.0. The van der Waals surface area contributed by atoms with Crippen LogP contribution in [0.1, 0.15) is 22.3 Å². The van der Waals surface area contributed by atoms with Gasteiger partial charge in [-0.3, -0.25) is 0 Å². The van der Waals surface area contributed by atoms with Crippen molar-refractivity contribution in [3.63, 3.8) is 0 Å². The van der Waals surface area contributed by atoms with E-state index in [1.54, 1.807) is 0 Å². The smallest absolute Gasteiger partial charge is 0.0725 e. The molecule has 0 aliphatic heterocycles. The summed E-state index contributed by atoms with van der Waals surface area (Å²) >= 11 is 3.73. The normalized spacial score (nSPS) is 12.5. The molecule has 0 radical (unpaired) electrons. The maximum absolute atomic E-state index is 2.47. The molecule has 15 aromatic carbocycles. The lowest BCUT2D eigenvalue weighted by atomic mass is 9.70. The number of rotatable bonds is 11. The molecule has 2 nitrogen and oxygen atoms in total. The van der Waals surface area contributed by atoms with Crippen molar-refractivity contribution < 1.29 is 0 Å². The number of anilines is 6. The van der Waals surface area contributed by atoms with Gasteiger partial charge in [0.25, 0.3) is 0 Å². The lowest BCUT2D eigenvalue weighted by Gasteiger charge is -2.31. The van der Waals surface area contributed by atoms with E-state index >= 15 is 0 Å². The maximum atomic E-state index is 2.47. The molecule has 0 N–H and O–H groups in total. The molecule has 95 heavy (non-hydrogen) atoms. The summed E-state index contributed by atoms with van der Waals surface area (Å²) in [6, 6.07) is 131. The summed E-state index contributed by atoms with van der Waals surface area (Å²) in [5.41, 5.74) is 27.9. The molecule has 17 aromatic rings. The van der Waals surface area contributed by atoms with Crippen LogP contribution in [-0.4, -0.2) is 0 Å². The summed E-state index contributed by atoms with van der Waals surface area (Å²) in [4.78, 5) is 4.94. The van der Waals surface area contributed by atoms with E-state index < -0.39 is 5.41 Å². The molecule has 19 rings (SSSR count). The first-order valence-electron chi connectivity index (χ1n) is 32.6. The van der Waals surface area contributed by atoms with E-state index in [4.69, 9.17) is 0 Å². The van der Waals surface area contributed by atoms with Crippen LogP contribution in [0, 0.1) is 0 Å². The molecular weight excluding hydrogens is 1190 g/mol. The fraction of sp³-hybridized carbons (Fsp3) is 0.0110. The fourth-order valence-electron chi connectivity index (χ4n) is 15.8. The second kappa shape index (κ2) is 22.3. The molecule has 2 heterocycles. The Bertz CT molecular complexity index is 5520. The number of benzene rings is 15. The number of thiophene rings is 2. The van der Waals surface area contributed by atoms with Crippen LogP contribution in [0.3, 0.4) is 0 Å². The van der Waals surface area contributed by atoms with Gasteiger partial charge in [-0.05, 0) is 191 Å². The topological polar surface area (TPSA) is 6.48 Å². The van der Waals surface area contributed by atoms with Crippen LogP contribution < -0.4 is 9.80 Å². The summed E-state index contributed by atoms with van der Waals surface area (Å²) in [7, 11) is 0. The third-order valence-corrected chi connectivity index (χ3v) is 22.2. The van der Waals surface area contributed by atoms with Gasteiger partial charge in [0.15, 0.2) is 0 Å². The van der Waals surface area contributed by atoms with E-state index in [0.29, 0.717) is 0 Å². The second-order valence-corrected chi connectivity index (χ2v) is 27.2.